The van der Waals surface area contributed by atoms with Gasteiger partial charge in [0.2, 0.25) is 5.95 Å². The Morgan fingerprint density at radius 2 is 1.54 bits per heavy atom. The number of ether oxygens (including phenoxy) is 2. The monoisotopic (exact) mass is 707 g/mol. The lowest BCUT2D eigenvalue weighted by molar-refractivity contribution is -0.138. The first kappa shape index (κ1) is 37.2. The van der Waals surface area contributed by atoms with Crippen LogP contribution in [0.4, 0.5) is 43.7 Å². The Kier molecular flexibility index (Phi) is 12.1. The van der Waals surface area contributed by atoms with Gasteiger partial charge in [0.15, 0.2) is 0 Å². The Morgan fingerprint density at radius 1 is 0.880 bits per heavy atom. The molecule has 14 heteroatoms. The normalized spacial score (nSPS) is 18.5. The van der Waals surface area contributed by atoms with Crippen LogP contribution in [0.15, 0.2) is 48.8 Å². The smallest absolute Gasteiger partial charge is 0.416 e. The molecule has 0 amide bonds. The van der Waals surface area contributed by atoms with Crippen LogP contribution in [-0.2, 0) is 39.7 Å². The van der Waals surface area contributed by atoms with Crippen LogP contribution in [0.3, 0.4) is 0 Å². The van der Waals surface area contributed by atoms with E-state index < -0.39 is 23.5 Å². The standard InChI is InChI=1S/C36H43F6N5O3/c1-3-45(20-26-4-6-27(7-5-26)23-50-24-48)33-9-8-30(35(37,38)39)17-29(33)22-47(21-28-14-25(2)15-31(16-28)36(40,41)42)34-43-18-32(19-44-34)46-10-12-49-13-11-46/h8-9,14-19,24,26-27H,3-7,10-13,20-23H2,1-2H3. The summed E-state index contributed by atoms with van der Waals surface area (Å²) in [4.78, 5) is 25.5. The van der Waals surface area contributed by atoms with Gasteiger partial charge in [0.05, 0.1) is 49.0 Å². The van der Waals surface area contributed by atoms with E-state index in [1.54, 1.807) is 30.3 Å². The van der Waals surface area contributed by atoms with E-state index in [1.165, 1.54) is 6.07 Å². The van der Waals surface area contributed by atoms with Crippen LogP contribution in [0.25, 0.3) is 0 Å². The molecule has 1 aromatic heterocycles. The van der Waals surface area contributed by atoms with Crippen molar-refractivity contribution in [2.45, 2.75) is 65.0 Å². The molecule has 2 aromatic carbocycles. The fourth-order valence-corrected chi connectivity index (χ4v) is 6.87. The van der Waals surface area contributed by atoms with Gasteiger partial charge in [-0.1, -0.05) is 11.6 Å². The number of hydrogen-bond acceptors (Lipinski definition) is 8. The Labute approximate surface area is 288 Å². The van der Waals surface area contributed by atoms with Crippen LogP contribution < -0.4 is 14.7 Å². The minimum absolute atomic E-state index is 0.0731. The summed E-state index contributed by atoms with van der Waals surface area (Å²) in [6.45, 7) is 7.73. The summed E-state index contributed by atoms with van der Waals surface area (Å²) in [5.41, 5.74) is 0.830. The molecule has 0 atom stereocenters. The molecule has 1 saturated heterocycles. The number of nitrogens with zero attached hydrogens (tertiary/aromatic N) is 5. The number of morpholine rings is 1. The van der Waals surface area contributed by atoms with E-state index in [0.717, 1.165) is 55.6 Å². The topological polar surface area (TPSA) is 71.0 Å². The number of carbonyl (C=O) groups excluding carboxylic acids is 1. The predicted octanol–water partition coefficient (Wildman–Crippen LogP) is 7.67. The second kappa shape index (κ2) is 16.3. The maximum atomic E-state index is 14.1. The van der Waals surface area contributed by atoms with Crippen molar-refractivity contribution in [3.63, 3.8) is 0 Å². The molecule has 2 fully saturated rings. The molecule has 1 aliphatic heterocycles. The summed E-state index contributed by atoms with van der Waals surface area (Å²) in [6, 6.07) is 7.44. The minimum Gasteiger partial charge on any atom is -0.468 e. The molecular weight excluding hydrogens is 664 g/mol. The van der Waals surface area contributed by atoms with E-state index in [1.807, 2.05) is 6.92 Å². The number of hydrogen-bond donors (Lipinski definition) is 0. The number of anilines is 3. The molecule has 8 nitrogen and oxygen atoms in total. The van der Waals surface area contributed by atoms with E-state index >= 15 is 0 Å². The summed E-state index contributed by atoms with van der Waals surface area (Å²) in [7, 11) is 0. The summed E-state index contributed by atoms with van der Waals surface area (Å²) in [5, 5.41) is 0. The number of aromatic nitrogens is 2. The Morgan fingerprint density at radius 3 is 2.16 bits per heavy atom. The third kappa shape index (κ3) is 9.79. The zero-order valence-electron chi connectivity index (χ0n) is 28.3. The zero-order valence-corrected chi connectivity index (χ0v) is 28.3. The van der Waals surface area contributed by atoms with Crippen molar-refractivity contribution >= 4 is 23.8 Å². The van der Waals surface area contributed by atoms with Crippen LogP contribution >= 0.6 is 0 Å². The second-order valence-electron chi connectivity index (χ2n) is 13.1. The number of halogens is 6. The quantitative estimate of drug-likeness (QED) is 0.133. The summed E-state index contributed by atoms with van der Waals surface area (Å²) in [5.74, 6) is 0.757. The van der Waals surface area contributed by atoms with E-state index in [2.05, 4.69) is 19.8 Å². The molecule has 0 N–H and O–H groups in total. The lowest BCUT2D eigenvalue weighted by atomic mass is 9.82. The molecule has 2 heterocycles. The first-order valence-corrected chi connectivity index (χ1v) is 16.9. The van der Waals surface area contributed by atoms with Gasteiger partial charge in [-0.3, -0.25) is 4.79 Å². The van der Waals surface area contributed by atoms with Crippen molar-refractivity contribution in [1.82, 2.24) is 9.97 Å². The lowest BCUT2D eigenvalue weighted by Crippen LogP contribution is -2.36. The third-order valence-corrected chi connectivity index (χ3v) is 9.46. The van der Waals surface area contributed by atoms with E-state index in [0.29, 0.717) is 74.8 Å². The van der Waals surface area contributed by atoms with Crippen molar-refractivity contribution in [2.75, 3.05) is 60.7 Å². The van der Waals surface area contributed by atoms with E-state index in [-0.39, 0.29) is 30.9 Å². The van der Waals surface area contributed by atoms with E-state index in [4.69, 9.17) is 9.47 Å². The van der Waals surface area contributed by atoms with Crippen LogP contribution in [-0.4, -0.2) is 62.4 Å². The molecular formula is C36H43F6N5O3. The van der Waals surface area contributed by atoms with Crippen molar-refractivity contribution in [1.29, 1.82) is 0 Å². The van der Waals surface area contributed by atoms with E-state index in [9.17, 15) is 31.1 Å². The highest BCUT2D eigenvalue weighted by Gasteiger charge is 2.33. The maximum Gasteiger partial charge on any atom is 0.416 e. The number of aryl methyl sites for hydroxylation is 1. The highest BCUT2D eigenvalue weighted by molar-refractivity contribution is 5.57. The summed E-state index contributed by atoms with van der Waals surface area (Å²) < 4.78 is 94.1. The largest absolute Gasteiger partial charge is 0.468 e. The molecule has 1 saturated carbocycles. The van der Waals surface area contributed by atoms with Gasteiger partial charge in [-0.2, -0.15) is 26.3 Å². The van der Waals surface area contributed by atoms with Gasteiger partial charge in [0.25, 0.3) is 6.47 Å². The average Bonchev–Trinajstić information content (AvgIpc) is 3.09. The van der Waals surface area contributed by atoms with Gasteiger partial charge in [-0.15, -0.1) is 0 Å². The number of benzene rings is 2. The van der Waals surface area contributed by atoms with Crippen LogP contribution in [0.2, 0.25) is 0 Å². The van der Waals surface area contributed by atoms with Crippen LogP contribution in [0, 0.1) is 18.8 Å². The molecule has 5 rings (SSSR count). The number of carbonyl (C=O) groups is 1. The first-order valence-electron chi connectivity index (χ1n) is 16.9. The highest BCUT2D eigenvalue weighted by atomic mass is 19.4. The summed E-state index contributed by atoms with van der Waals surface area (Å²) >= 11 is 0. The van der Waals surface area contributed by atoms with Crippen molar-refractivity contribution < 1.29 is 40.6 Å². The fourth-order valence-electron chi connectivity index (χ4n) is 6.87. The van der Waals surface area contributed by atoms with Gasteiger partial charge in [-0.25, -0.2) is 9.97 Å². The molecule has 0 spiro atoms. The van der Waals surface area contributed by atoms with Gasteiger partial charge in [0, 0.05) is 45.0 Å². The zero-order chi connectivity index (χ0) is 35.9. The number of alkyl halides is 6. The Bertz CT molecular complexity index is 1560. The molecule has 2 aliphatic rings. The van der Waals surface area contributed by atoms with Crippen molar-refractivity contribution in [3.8, 4) is 0 Å². The van der Waals surface area contributed by atoms with Crippen molar-refractivity contribution in [2.24, 2.45) is 11.8 Å². The minimum atomic E-state index is -4.61. The lowest BCUT2D eigenvalue weighted by Gasteiger charge is -2.35. The van der Waals surface area contributed by atoms with Crippen molar-refractivity contribution in [3.05, 3.63) is 76.6 Å². The fraction of sp³-hybridized carbons (Fsp3) is 0.528. The van der Waals surface area contributed by atoms with Crippen LogP contribution in [0.1, 0.15) is 60.4 Å². The Balaban J connectivity index is 1.48. The van der Waals surface area contributed by atoms with Gasteiger partial charge in [0.1, 0.15) is 0 Å². The molecule has 1 aliphatic carbocycles. The predicted molar refractivity (Wildman–Crippen MR) is 178 cm³/mol. The average molecular weight is 708 g/mol. The van der Waals surface area contributed by atoms with Gasteiger partial charge < -0.3 is 24.2 Å². The SMILES string of the molecule is CCN(CC1CCC(COC=O)CC1)c1ccc(C(F)(F)F)cc1CN(Cc1cc(C)cc(C(F)(F)F)c1)c1ncc(N2CCOCC2)cn1. The third-order valence-electron chi connectivity index (χ3n) is 9.46. The maximum absolute atomic E-state index is 14.1. The molecule has 3 aromatic rings. The Hall–Kier alpha value is -4.07. The number of rotatable bonds is 13. The molecule has 272 valence electrons. The summed E-state index contributed by atoms with van der Waals surface area (Å²) in [6.07, 6.45) is -2.37. The second-order valence-corrected chi connectivity index (χ2v) is 13.1. The molecule has 0 unspecified atom stereocenters. The molecule has 0 radical (unpaired) electrons. The molecule has 50 heavy (non-hydrogen) atoms. The molecule has 0 bridgehead atoms. The van der Waals surface area contributed by atoms with Gasteiger partial charge in [-0.05, 0) is 92.8 Å². The van der Waals surface area contributed by atoms with Gasteiger partial charge >= 0.3 is 12.4 Å². The van der Waals surface area contributed by atoms with Crippen LogP contribution in [0.5, 0.6) is 0 Å². The first-order chi connectivity index (χ1) is 23.8. The highest BCUT2D eigenvalue weighted by Crippen LogP contribution is 2.37.